The number of nitrogens with two attached hydrogens (primary N) is 1. The number of nitrogens with zero attached hydrogens (tertiary/aromatic N) is 5. The van der Waals surface area contributed by atoms with Crippen molar-refractivity contribution >= 4 is 67.1 Å². The Hall–Kier alpha value is -7.94. The van der Waals surface area contributed by atoms with Gasteiger partial charge in [0.2, 0.25) is 0 Å². The van der Waals surface area contributed by atoms with Gasteiger partial charge in [0.05, 0.1) is 57.2 Å². The number of carbonyl (C=O) groups is 3. The van der Waals surface area contributed by atoms with E-state index in [2.05, 4.69) is 70.5 Å². The van der Waals surface area contributed by atoms with Gasteiger partial charge in [-0.25, -0.2) is 19.7 Å². The Kier molecular flexibility index (Phi) is 21.8. The summed E-state index contributed by atoms with van der Waals surface area (Å²) in [5.74, 6) is 13.7. The van der Waals surface area contributed by atoms with Crippen molar-refractivity contribution in [1.82, 2.24) is 30.2 Å². The summed E-state index contributed by atoms with van der Waals surface area (Å²) in [6, 6.07) is 13.6. The summed E-state index contributed by atoms with van der Waals surface area (Å²) in [4.78, 5) is 58.3. The molecule has 0 bridgehead atoms. The fraction of sp³-hybridized carbons (Fsp3) is 0.245. The van der Waals surface area contributed by atoms with Gasteiger partial charge in [-0.1, -0.05) is 76.0 Å². The number of Topliss-reactive ketones (excluding diaryl/α,β-unsaturated/α-hetero) is 2. The van der Waals surface area contributed by atoms with Crippen molar-refractivity contribution in [2.24, 2.45) is 0 Å². The summed E-state index contributed by atoms with van der Waals surface area (Å²) >= 11 is 3.89. The molecule has 0 radical (unpaired) electrons. The van der Waals surface area contributed by atoms with Gasteiger partial charge in [-0.15, -0.1) is 6.42 Å². The molecule has 0 unspecified atom stereocenters. The number of ether oxygens (including phenoxy) is 1. The van der Waals surface area contributed by atoms with E-state index in [4.69, 9.17) is 16.9 Å². The molecule has 13 nitrogen and oxygen atoms in total. The molecule has 75 heavy (non-hydrogen) atoms. The molecule has 0 spiro atoms. The minimum atomic E-state index is -4.48. The maximum absolute atomic E-state index is 12.8. The van der Waals surface area contributed by atoms with E-state index in [0.29, 0.717) is 42.3 Å². The second-order valence-corrected chi connectivity index (χ2v) is 19.6. The number of benzene rings is 2. The molecule has 22 heteroatoms. The monoisotopic (exact) mass is 1090 g/mol. The number of anilines is 3. The van der Waals surface area contributed by atoms with Crippen LogP contribution in [0.15, 0.2) is 91.6 Å². The summed E-state index contributed by atoms with van der Waals surface area (Å²) in [6.07, 6.45) is 2.10. The van der Waals surface area contributed by atoms with E-state index >= 15 is 0 Å². The van der Waals surface area contributed by atoms with Crippen molar-refractivity contribution in [3.05, 3.63) is 162 Å². The summed E-state index contributed by atoms with van der Waals surface area (Å²) in [5.41, 5.74) is 7.36. The van der Waals surface area contributed by atoms with Crippen LogP contribution in [0.25, 0.3) is 0 Å². The second-order valence-electron chi connectivity index (χ2n) is 16.5. The Bertz CT molecular complexity index is 3280. The van der Waals surface area contributed by atoms with Crippen LogP contribution >= 0.6 is 34.0 Å². The smallest absolute Gasteiger partial charge is 0.416 e. The number of nitrogen functional groups attached to an aromatic ring is 1. The number of thiazole rings is 3. The molecular weight excluding hydrogens is 1040 g/mol. The predicted molar refractivity (Wildman–Crippen MR) is 282 cm³/mol. The lowest BCUT2D eigenvalue weighted by Crippen LogP contribution is -2.27. The van der Waals surface area contributed by atoms with Gasteiger partial charge in [-0.05, 0) is 108 Å². The molecular formula is C53H49F6N9O4S3. The molecule has 0 atom stereocenters. The molecule has 0 saturated heterocycles. The molecule has 390 valence electrons. The van der Waals surface area contributed by atoms with Crippen LogP contribution in [-0.2, 0) is 29.9 Å². The first-order valence-electron chi connectivity index (χ1n) is 22.0. The highest BCUT2D eigenvalue weighted by molar-refractivity contribution is 7.16. The van der Waals surface area contributed by atoms with E-state index in [0.717, 1.165) is 57.8 Å². The number of terminal acetylenes is 1. The Labute approximate surface area is 441 Å². The molecule has 0 saturated carbocycles. The van der Waals surface area contributed by atoms with Crippen LogP contribution in [0.2, 0.25) is 0 Å². The summed E-state index contributed by atoms with van der Waals surface area (Å²) in [5, 5.41) is 9.80. The average Bonchev–Trinajstić information content (AvgIpc) is 4.12. The lowest BCUT2D eigenvalue weighted by molar-refractivity contribution is -0.138. The number of halogens is 6. The van der Waals surface area contributed by atoms with Gasteiger partial charge in [0.25, 0.3) is 0 Å². The van der Waals surface area contributed by atoms with Gasteiger partial charge in [0.1, 0.15) is 5.60 Å². The fourth-order valence-corrected chi connectivity index (χ4v) is 7.51. The van der Waals surface area contributed by atoms with Gasteiger partial charge >= 0.3 is 18.4 Å². The summed E-state index contributed by atoms with van der Waals surface area (Å²) in [7, 11) is 5.52. The van der Waals surface area contributed by atoms with Gasteiger partial charge < -0.3 is 21.1 Å². The quantitative estimate of drug-likeness (QED) is 0.0642. The highest BCUT2D eigenvalue weighted by atomic mass is 32.1. The number of pyridine rings is 2. The van der Waals surface area contributed by atoms with E-state index in [1.807, 2.05) is 27.9 Å². The molecule has 0 aliphatic heterocycles. The highest BCUT2D eigenvalue weighted by Gasteiger charge is 2.32. The largest absolute Gasteiger partial charge is 0.444 e. The highest BCUT2D eigenvalue weighted by Crippen LogP contribution is 2.31. The topological polar surface area (TPSA) is 187 Å². The molecule has 5 aromatic heterocycles. The van der Waals surface area contributed by atoms with E-state index < -0.39 is 35.2 Å². The van der Waals surface area contributed by atoms with E-state index in [1.54, 1.807) is 76.6 Å². The lowest BCUT2D eigenvalue weighted by Gasteiger charge is -2.18. The number of alkyl halides is 6. The first-order chi connectivity index (χ1) is 35.3. The second kappa shape index (κ2) is 27.4. The third kappa shape index (κ3) is 20.1. The molecule has 0 aliphatic carbocycles. The molecule has 7 aromatic rings. The number of amides is 1. The Balaban J connectivity index is 0.000000248. The van der Waals surface area contributed by atoms with Crippen LogP contribution in [0.4, 0.5) is 46.5 Å². The zero-order chi connectivity index (χ0) is 55.5. The molecule has 5 heterocycles. The standard InChI is InChI=1S/C21H16F3N3OS.C20H14F3N3OS.C10H12N2O2S.C2H7N/c1-13-3-4-15(9-14(13)5-6-18-12-27-20(25-2)29-18)19(28)11-17-10-16(7-8-26-17)21(22,23)24;1-12-2-3-14(8-13(12)4-5-17-11-26-19(24)28-17)18(27)10-16-9-15(6-7-25-16)20(21,22)23;1-5-7-6-11-8(15-7)12-9(13)14-10(2,3)4;1-3-2/h3-4,7-10,12H,11H2,1-2H3,(H,25,27);2-3,6-9,11H,10H2,1H3,(H2,24,26);1,6H,2-4H3,(H,11,12,13);3H,1-2H3. The number of ketones is 2. The van der Waals surface area contributed by atoms with Crippen molar-refractivity contribution in [3.8, 4) is 36.0 Å². The van der Waals surface area contributed by atoms with Crippen molar-refractivity contribution in [2.75, 3.05) is 37.5 Å². The van der Waals surface area contributed by atoms with Gasteiger partial charge in [-0.2, -0.15) is 26.3 Å². The van der Waals surface area contributed by atoms with E-state index in [1.165, 1.54) is 40.2 Å². The Morgan fingerprint density at radius 3 is 1.47 bits per heavy atom. The third-order valence-corrected chi connectivity index (χ3v) is 11.7. The van der Waals surface area contributed by atoms with Crippen molar-refractivity contribution in [3.63, 3.8) is 0 Å². The number of hydrogen-bond acceptors (Lipinski definition) is 15. The number of aromatic nitrogens is 5. The molecule has 0 aliphatic rings. The zero-order valence-electron chi connectivity index (χ0n) is 41.6. The Morgan fingerprint density at radius 2 is 1.07 bits per heavy atom. The maximum atomic E-state index is 12.8. The van der Waals surface area contributed by atoms with Gasteiger partial charge in [0, 0.05) is 53.1 Å². The van der Waals surface area contributed by atoms with Crippen molar-refractivity contribution in [1.29, 1.82) is 0 Å². The van der Waals surface area contributed by atoms with E-state index in [-0.39, 0.29) is 35.8 Å². The summed E-state index contributed by atoms with van der Waals surface area (Å²) < 4.78 is 82.0. The molecule has 1 amide bonds. The fourth-order valence-electron chi connectivity index (χ4n) is 5.74. The third-order valence-electron chi connectivity index (χ3n) is 9.23. The number of nitrogens with one attached hydrogen (secondary N) is 3. The van der Waals surface area contributed by atoms with Crippen LogP contribution in [0, 0.1) is 49.9 Å². The maximum Gasteiger partial charge on any atom is 0.416 e. The SMILES string of the molecule is C#Cc1cnc(NC(=O)OC(C)(C)C)s1.CNC.CNc1ncc(C#Cc2cc(C(=O)Cc3cc(C(F)(F)F)ccn3)ccc2C)s1.Cc1ccc(C(=O)Cc2cc(C(F)(F)F)ccn2)cc1C#Cc1cnc(N)s1. The van der Waals surface area contributed by atoms with Gasteiger partial charge in [-0.3, -0.25) is 24.9 Å². The first kappa shape index (κ1) is 59.6. The van der Waals surface area contributed by atoms with Crippen LogP contribution in [-0.4, -0.2) is 69.3 Å². The molecule has 0 fully saturated rings. The lowest BCUT2D eigenvalue weighted by atomic mass is 10.00. The zero-order valence-corrected chi connectivity index (χ0v) is 44.0. The molecule has 7 rings (SSSR count). The average molecular weight is 1090 g/mol. The predicted octanol–water partition coefficient (Wildman–Crippen LogP) is 11.3. The molecule has 2 aromatic carbocycles. The number of carbonyl (C=O) groups excluding carboxylic acids is 3. The van der Waals surface area contributed by atoms with Crippen LogP contribution in [0.5, 0.6) is 0 Å². The van der Waals surface area contributed by atoms with Crippen LogP contribution < -0.4 is 21.7 Å². The first-order valence-corrected chi connectivity index (χ1v) is 24.5. The number of aryl methyl sites for hydroxylation is 2. The number of rotatable bonds is 8. The minimum Gasteiger partial charge on any atom is -0.444 e. The van der Waals surface area contributed by atoms with Crippen molar-refractivity contribution in [2.45, 2.75) is 65.4 Å². The Morgan fingerprint density at radius 1 is 0.627 bits per heavy atom. The minimum absolute atomic E-state index is 0.0631. The normalized spacial score (nSPS) is 10.7. The summed E-state index contributed by atoms with van der Waals surface area (Å²) in [6.45, 7) is 9.11. The number of hydrogen-bond donors (Lipinski definition) is 4. The van der Waals surface area contributed by atoms with Gasteiger partial charge in [0.15, 0.2) is 27.0 Å². The van der Waals surface area contributed by atoms with Crippen molar-refractivity contribution < 1.29 is 45.5 Å². The van der Waals surface area contributed by atoms with Crippen LogP contribution in [0.1, 0.15) is 101 Å². The van der Waals surface area contributed by atoms with Crippen LogP contribution in [0.3, 0.4) is 0 Å². The van der Waals surface area contributed by atoms with E-state index in [9.17, 15) is 40.7 Å². The molecule has 5 N–H and O–H groups in total.